The summed E-state index contributed by atoms with van der Waals surface area (Å²) in [4.78, 5) is 14.8. The molecule has 1 aliphatic carbocycles. The van der Waals surface area contributed by atoms with Crippen molar-refractivity contribution in [2.45, 2.75) is 53.0 Å². The zero-order valence-electron chi connectivity index (χ0n) is 16.7. The molecule has 1 saturated heterocycles. The van der Waals surface area contributed by atoms with Crippen molar-refractivity contribution in [2.24, 2.45) is 17.9 Å². The lowest BCUT2D eigenvalue weighted by molar-refractivity contribution is -0.906. The minimum absolute atomic E-state index is 0. The molecule has 26 heavy (non-hydrogen) atoms. The van der Waals surface area contributed by atoms with E-state index in [1.165, 1.54) is 24.2 Å². The molecule has 3 atom stereocenters. The fraction of sp³-hybridized carbons (Fsp3) is 0.591. The van der Waals surface area contributed by atoms with Gasteiger partial charge in [0.1, 0.15) is 6.54 Å². The van der Waals surface area contributed by atoms with E-state index in [1.54, 1.807) is 0 Å². The van der Waals surface area contributed by atoms with Gasteiger partial charge in [-0.3, -0.25) is 4.79 Å². The van der Waals surface area contributed by atoms with Crippen molar-refractivity contribution < 1.29 is 22.1 Å². The zero-order chi connectivity index (χ0) is 18.0. The smallest absolute Gasteiger partial charge is 0.219 e. The molecule has 142 valence electrons. The summed E-state index contributed by atoms with van der Waals surface area (Å²) in [6.45, 7) is 11.1. The number of quaternary nitrogens is 1. The van der Waals surface area contributed by atoms with Crippen molar-refractivity contribution in [3.63, 3.8) is 0 Å². The molecule has 1 N–H and O–H groups in total. The van der Waals surface area contributed by atoms with Crippen molar-refractivity contribution in [1.82, 2.24) is 4.57 Å². The number of hydrogen-bond acceptors (Lipinski definition) is 1. The number of benzene rings is 1. The lowest BCUT2D eigenvalue weighted by Gasteiger charge is -2.37. The lowest BCUT2D eigenvalue weighted by atomic mass is 9.65. The molecule has 1 saturated carbocycles. The number of aryl methyl sites for hydroxylation is 1. The lowest BCUT2D eigenvalue weighted by Crippen LogP contribution is -3.14. The van der Waals surface area contributed by atoms with Gasteiger partial charge in [0.15, 0.2) is 0 Å². The molecule has 3 nitrogen and oxygen atoms in total. The van der Waals surface area contributed by atoms with Crippen molar-refractivity contribution in [2.75, 3.05) is 13.1 Å². The maximum atomic E-state index is 13.3. The summed E-state index contributed by atoms with van der Waals surface area (Å²) in [6.07, 6.45) is 3.83. The number of carbonyl (C=O) groups excluding carboxylic acids is 1. The first-order valence-corrected chi connectivity index (χ1v) is 9.61. The summed E-state index contributed by atoms with van der Waals surface area (Å²) in [5.74, 6) is 0.318. The number of carbonyl (C=O) groups is 1. The molecule has 2 bridgehead atoms. The van der Waals surface area contributed by atoms with Crippen LogP contribution in [-0.2, 0) is 7.05 Å². The number of ketones is 1. The maximum absolute atomic E-state index is 13.3. The van der Waals surface area contributed by atoms with Gasteiger partial charge in [-0.1, -0.05) is 39.0 Å². The fourth-order valence-electron chi connectivity index (χ4n) is 6.12. The van der Waals surface area contributed by atoms with E-state index in [-0.39, 0.29) is 12.4 Å². The van der Waals surface area contributed by atoms with E-state index in [4.69, 9.17) is 0 Å². The molecular weight excluding hydrogens is 344 g/mol. The molecule has 0 radical (unpaired) electrons. The second-order valence-electron chi connectivity index (χ2n) is 9.73. The van der Waals surface area contributed by atoms with Crippen LogP contribution >= 0.6 is 0 Å². The minimum atomic E-state index is 0. The monoisotopic (exact) mass is 374 g/mol. The highest BCUT2D eigenvalue weighted by molar-refractivity contribution is 6.10. The average Bonchev–Trinajstić information content (AvgIpc) is 2.90. The third-order valence-electron chi connectivity index (χ3n) is 6.74. The van der Waals surface area contributed by atoms with Gasteiger partial charge in [0.2, 0.25) is 5.78 Å². The highest BCUT2D eigenvalue weighted by Crippen LogP contribution is 2.47. The molecule has 0 amide bonds. The molecule has 1 aromatic carbocycles. The fourth-order valence-corrected chi connectivity index (χ4v) is 6.12. The number of rotatable bonds is 3. The Morgan fingerprint density at radius 1 is 1.23 bits per heavy atom. The van der Waals surface area contributed by atoms with Crippen molar-refractivity contribution in [1.29, 1.82) is 0 Å². The molecule has 2 aliphatic rings. The molecule has 1 aliphatic heterocycles. The Bertz CT molecular complexity index is 853. The van der Waals surface area contributed by atoms with E-state index >= 15 is 0 Å². The predicted molar refractivity (Wildman–Crippen MR) is 102 cm³/mol. The largest absolute Gasteiger partial charge is 1.00 e. The zero-order valence-corrected chi connectivity index (χ0v) is 17.4. The molecule has 2 heterocycles. The summed E-state index contributed by atoms with van der Waals surface area (Å²) in [6, 6.07) is 8.94. The Kier molecular flexibility index (Phi) is 4.77. The quantitative estimate of drug-likeness (QED) is 0.761. The minimum Gasteiger partial charge on any atom is -1.00 e. The number of para-hydroxylation sites is 1. The van der Waals surface area contributed by atoms with E-state index in [0.29, 0.717) is 29.2 Å². The highest BCUT2D eigenvalue weighted by Gasteiger charge is 2.53. The number of likely N-dealkylation sites (tertiary alicyclic amines) is 1. The van der Waals surface area contributed by atoms with Crippen LogP contribution in [0.1, 0.15) is 56.1 Å². The van der Waals surface area contributed by atoms with Crippen LogP contribution in [0.25, 0.3) is 10.9 Å². The normalized spacial score (nSPS) is 29.6. The summed E-state index contributed by atoms with van der Waals surface area (Å²) < 4.78 is 2.16. The number of nitrogens with zero attached hydrogens (tertiary/aromatic N) is 1. The topological polar surface area (TPSA) is 26.4 Å². The summed E-state index contributed by atoms with van der Waals surface area (Å²) in [5.41, 5.74) is 4.02. The summed E-state index contributed by atoms with van der Waals surface area (Å²) >= 11 is 0. The van der Waals surface area contributed by atoms with E-state index < -0.39 is 0 Å². The first-order valence-electron chi connectivity index (χ1n) is 9.61. The first kappa shape index (κ1) is 19.4. The number of aromatic nitrogens is 1. The molecule has 3 unspecified atom stereocenters. The molecular formula is C22H31ClN2O. The number of hydrogen-bond donors (Lipinski definition) is 1. The average molecular weight is 375 g/mol. The number of fused-ring (bicyclic) bond motifs is 3. The molecule has 4 rings (SSSR count). The van der Waals surface area contributed by atoms with Crippen LogP contribution in [0.15, 0.2) is 24.3 Å². The van der Waals surface area contributed by atoms with Crippen molar-refractivity contribution in [3.05, 3.63) is 35.5 Å². The Morgan fingerprint density at radius 3 is 2.65 bits per heavy atom. The number of nitrogens with one attached hydrogen (secondary N) is 1. The van der Waals surface area contributed by atoms with Crippen LogP contribution in [0.4, 0.5) is 0 Å². The summed E-state index contributed by atoms with van der Waals surface area (Å²) in [5, 5.41) is 1.11. The maximum Gasteiger partial charge on any atom is 0.219 e. The van der Waals surface area contributed by atoms with Crippen molar-refractivity contribution in [3.8, 4) is 0 Å². The van der Waals surface area contributed by atoms with Gasteiger partial charge in [-0.15, -0.1) is 0 Å². The highest BCUT2D eigenvalue weighted by atomic mass is 35.5. The Labute approximate surface area is 163 Å². The molecule has 1 aromatic heterocycles. The van der Waals surface area contributed by atoms with Gasteiger partial charge in [0.25, 0.3) is 0 Å². The van der Waals surface area contributed by atoms with E-state index in [0.717, 1.165) is 28.7 Å². The van der Waals surface area contributed by atoms with Crippen LogP contribution in [0.2, 0.25) is 0 Å². The molecule has 2 aromatic rings. The Balaban J connectivity index is 0.00000196. The van der Waals surface area contributed by atoms with Crippen LogP contribution in [0.5, 0.6) is 0 Å². The van der Waals surface area contributed by atoms with Gasteiger partial charge in [-0.2, -0.15) is 0 Å². The van der Waals surface area contributed by atoms with Crippen LogP contribution < -0.4 is 17.3 Å². The van der Waals surface area contributed by atoms with Gasteiger partial charge in [-0.05, 0) is 24.8 Å². The molecule has 4 heteroatoms. The Hall–Kier alpha value is -1.32. The van der Waals surface area contributed by atoms with Crippen LogP contribution in [0, 0.1) is 17.8 Å². The van der Waals surface area contributed by atoms with Gasteiger partial charge >= 0.3 is 0 Å². The second-order valence-corrected chi connectivity index (χ2v) is 9.73. The van der Waals surface area contributed by atoms with E-state index in [2.05, 4.69) is 51.4 Å². The standard InChI is InChI=1S/C22H30N2O.ClH/c1-15-20(17-8-6-7-9-18(17)23(15)5)19(25)12-24-14-22(4)11-16(24)10-21(2,3)13-22;/h6-9,16H,10-14H2,1-5H3;1H. The summed E-state index contributed by atoms with van der Waals surface area (Å²) in [7, 11) is 2.06. The predicted octanol–water partition coefficient (Wildman–Crippen LogP) is 0.157. The third kappa shape index (κ3) is 3.10. The number of halogens is 1. The van der Waals surface area contributed by atoms with Crippen LogP contribution in [0.3, 0.4) is 0 Å². The van der Waals surface area contributed by atoms with Gasteiger partial charge < -0.3 is 21.9 Å². The van der Waals surface area contributed by atoms with Gasteiger partial charge in [-0.25, -0.2) is 0 Å². The van der Waals surface area contributed by atoms with Gasteiger partial charge in [0, 0.05) is 41.9 Å². The van der Waals surface area contributed by atoms with Crippen LogP contribution in [-0.4, -0.2) is 29.5 Å². The molecule has 2 fully saturated rings. The third-order valence-corrected chi connectivity index (χ3v) is 6.74. The first-order chi connectivity index (χ1) is 11.7. The van der Waals surface area contributed by atoms with E-state index in [9.17, 15) is 4.79 Å². The Morgan fingerprint density at radius 2 is 1.92 bits per heavy atom. The number of Topliss-reactive ketones (excluding diaryl/α,β-unsaturated/α-hetero) is 1. The second kappa shape index (κ2) is 6.38. The van der Waals surface area contributed by atoms with Crippen molar-refractivity contribution >= 4 is 16.7 Å². The van der Waals surface area contributed by atoms with E-state index in [1.807, 2.05) is 12.1 Å². The van der Waals surface area contributed by atoms with Gasteiger partial charge in [0.05, 0.1) is 18.2 Å². The molecule has 0 spiro atoms. The SMILES string of the molecule is Cc1c(C(=O)C[NH+]2CC3(C)CC2CC(C)(C)C3)c2ccccc2n1C.[Cl-].